The maximum Gasteiger partial charge on any atom is 0.270 e. The number of carbonyl (C=O) groups is 1. The molecule has 3 heterocycles. The van der Waals surface area contributed by atoms with E-state index in [0.717, 1.165) is 45.9 Å². The van der Waals surface area contributed by atoms with E-state index in [9.17, 15) is 14.3 Å². The zero-order valence-electron chi connectivity index (χ0n) is 16.2. The van der Waals surface area contributed by atoms with Crippen LogP contribution >= 0.6 is 11.3 Å². The molecule has 152 valence electrons. The van der Waals surface area contributed by atoms with Gasteiger partial charge in [0.15, 0.2) is 5.13 Å². The van der Waals surface area contributed by atoms with Crippen LogP contribution in [-0.4, -0.2) is 44.6 Å². The molecular formula is C21H23FN4O2S. The van der Waals surface area contributed by atoms with E-state index in [4.69, 9.17) is 0 Å². The quantitative estimate of drug-likeness (QED) is 0.611. The topological polar surface area (TPSA) is 81.2 Å². The molecule has 3 N–H and O–H groups in total. The van der Waals surface area contributed by atoms with Crippen molar-refractivity contribution in [2.24, 2.45) is 0 Å². The largest absolute Gasteiger partial charge is 0.393 e. The zero-order valence-corrected chi connectivity index (χ0v) is 17.0. The molecule has 1 aliphatic carbocycles. The Bertz CT molecular complexity index is 1090. The molecular weight excluding hydrogens is 391 g/mol. The van der Waals surface area contributed by atoms with Gasteiger partial charge in [0, 0.05) is 34.8 Å². The van der Waals surface area contributed by atoms with Crippen LogP contribution in [0.1, 0.15) is 46.4 Å². The molecule has 6 nitrogen and oxygen atoms in total. The van der Waals surface area contributed by atoms with E-state index < -0.39 is 0 Å². The number of aryl methyl sites for hydroxylation is 1. The molecule has 29 heavy (non-hydrogen) atoms. The number of benzene rings is 1. The van der Waals surface area contributed by atoms with Gasteiger partial charge in [-0.3, -0.25) is 4.79 Å². The summed E-state index contributed by atoms with van der Waals surface area (Å²) in [5, 5.41) is 14.6. The number of fused-ring (bicyclic) bond motifs is 2. The number of halogens is 1. The second-order valence-electron chi connectivity index (χ2n) is 7.89. The molecule has 0 unspecified atom stereocenters. The normalized spacial score (nSPS) is 21.1. The number of aliphatic hydroxyl groups excluding tert-OH is 1. The number of rotatable bonds is 4. The molecule has 0 atom stereocenters. The fourth-order valence-corrected chi connectivity index (χ4v) is 5.26. The lowest BCUT2D eigenvalue weighted by atomic mass is 9.90. The number of nitrogens with one attached hydrogen (secondary N) is 2. The van der Waals surface area contributed by atoms with Crippen LogP contribution in [-0.2, 0) is 19.4 Å². The number of aromatic nitrogens is 2. The lowest BCUT2D eigenvalue weighted by molar-refractivity contribution is 0.0731. The summed E-state index contributed by atoms with van der Waals surface area (Å²) in [6, 6.07) is 5.10. The number of H-pyrrole nitrogens is 1. The SMILES string of the molecule is CCc1cc(F)cc2[nH]c(C(=O)N3CCc4nc(N[C@H]5C[C@H](O)C5)sc4C3)cc12. The first-order valence-electron chi connectivity index (χ1n) is 10.0. The van der Waals surface area contributed by atoms with Crippen LogP contribution < -0.4 is 5.32 Å². The Kier molecular flexibility index (Phi) is 4.55. The summed E-state index contributed by atoms with van der Waals surface area (Å²) in [4.78, 5) is 23.8. The van der Waals surface area contributed by atoms with Crippen LogP contribution in [0.2, 0.25) is 0 Å². The third-order valence-electron chi connectivity index (χ3n) is 5.86. The summed E-state index contributed by atoms with van der Waals surface area (Å²) >= 11 is 1.59. The Labute approximate surface area is 171 Å². The van der Waals surface area contributed by atoms with E-state index in [-0.39, 0.29) is 23.9 Å². The van der Waals surface area contributed by atoms with Gasteiger partial charge in [-0.2, -0.15) is 0 Å². The standard InChI is InChI=1S/C21H23FN4O2S/c1-2-11-5-12(22)6-17-15(11)9-18(24-17)20(28)26-4-3-16-19(10-26)29-21(25-16)23-13-7-14(27)8-13/h5-6,9,13-14,24,27H,2-4,7-8,10H2,1H3,(H,23,25)/t13-,14-. The van der Waals surface area contributed by atoms with Crippen molar-refractivity contribution < 1.29 is 14.3 Å². The Balaban J connectivity index is 1.34. The molecule has 1 saturated carbocycles. The van der Waals surface area contributed by atoms with Crippen molar-refractivity contribution in [3.8, 4) is 0 Å². The maximum atomic E-state index is 13.8. The van der Waals surface area contributed by atoms with Gasteiger partial charge in [0.25, 0.3) is 5.91 Å². The number of amides is 1. The van der Waals surface area contributed by atoms with E-state index in [2.05, 4.69) is 15.3 Å². The van der Waals surface area contributed by atoms with Gasteiger partial charge in [-0.15, -0.1) is 0 Å². The lowest BCUT2D eigenvalue weighted by Gasteiger charge is -2.31. The summed E-state index contributed by atoms with van der Waals surface area (Å²) in [6.45, 7) is 3.13. The van der Waals surface area contributed by atoms with Crippen molar-refractivity contribution in [3.63, 3.8) is 0 Å². The zero-order chi connectivity index (χ0) is 20.1. The van der Waals surface area contributed by atoms with E-state index >= 15 is 0 Å². The van der Waals surface area contributed by atoms with Crippen LogP contribution in [0, 0.1) is 5.82 Å². The van der Waals surface area contributed by atoms with Gasteiger partial charge >= 0.3 is 0 Å². The Morgan fingerprint density at radius 1 is 1.41 bits per heavy atom. The minimum absolute atomic E-state index is 0.0701. The fraction of sp³-hybridized carbons (Fsp3) is 0.429. The smallest absolute Gasteiger partial charge is 0.270 e. The monoisotopic (exact) mass is 414 g/mol. The van der Waals surface area contributed by atoms with Crippen molar-refractivity contribution in [3.05, 3.63) is 45.8 Å². The van der Waals surface area contributed by atoms with Gasteiger partial charge < -0.3 is 20.3 Å². The summed E-state index contributed by atoms with van der Waals surface area (Å²) in [5.41, 5.74) is 3.11. The molecule has 0 radical (unpaired) electrons. The van der Waals surface area contributed by atoms with E-state index in [0.29, 0.717) is 30.7 Å². The highest BCUT2D eigenvalue weighted by atomic mass is 32.1. The predicted octanol–water partition coefficient (Wildman–Crippen LogP) is 3.46. The van der Waals surface area contributed by atoms with Crippen LogP contribution in [0.25, 0.3) is 10.9 Å². The Morgan fingerprint density at radius 3 is 3.00 bits per heavy atom. The number of nitrogens with zero attached hydrogens (tertiary/aromatic N) is 2. The third kappa shape index (κ3) is 3.40. The van der Waals surface area contributed by atoms with Crippen LogP contribution in [0.4, 0.5) is 9.52 Å². The molecule has 0 saturated heterocycles. The Morgan fingerprint density at radius 2 is 2.24 bits per heavy atom. The molecule has 1 fully saturated rings. The molecule has 2 aromatic heterocycles. The van der Waals surface area contributed by atoms with Crippen molar-refractivity contribution >= 4 is 33.3 Å². The van der Waals surface area contributed by atoms with Crippen LogP contribution in [0.3, 0.4) is 0 Å². The number of thiazole rings is 1. The van der Waals surface area contributed by atoms with Crippen molar-refractivity contribution in [2.45, 2.75) is 51.3 Å². The van der Waals surface area contributed by atoms with Gasteiger partial charge in [0.1, 0.15) is 11.5 Å². The second-order valence-corrected chi connectivity index (χ2v) is 8.98. The molecule has 8 heteroatoms. The summed E-state index contributed by atoms with van der Waals surface area (Å²) < 4.78 is 13.8. The number of carbonyl (C=O) groups excluding carboxylic acids is 1. The third-order valence-corrected chi connectivity index (χ3v) is 6.87. The van der Waals surface area contributed by atoms with Gasteiger partial charge in [-0.25, -0.2) is 9.37 Å². The minimum Gasteiger partial charge on any atom is -0.393 e. The molecule has 5 rings (SSSR count). The average Bonchev–Trinajstić information content (AvgIpc) is 3.28. The molecule has 0 spiro atoms. The van der Waals surface area contributed by atoms with Crippen LogP contribution in [0.5, 0.6) is 0 Å². The van der Waals surface area contributed by atoms with E-state index in [1.165, 1.54) is 12.1 Å². The number of hydrogen-bond acceptors (Lipinski definition) is 5. The second kappa shape index (κ2) is 7.11. The summed E-state index contributed by atoms with van der Waals surface area (Å²) in [5.74, 6) is -0.360. The highest BCUT2D eigenvalue weighted by molar-refractivity contribution is 7.15. The number of aliphatic hydroxyl groups is 1. The molecule has 1 aromatic carbocycles. The molecule has 1 aliphatic heterocycles. The molecule has 2 aliphatic rings. The van der Waals surface area contributed by atoms with Crippen molar-refractivity contribution in [2.75, 3.05) is 11.9 Å². The number of aromatic amines is 1. The average molecular weight is 415 g/mol. The van der Waals surface area contributed by atoms with Gasteiger partial charge in [-0.1, -0.05) is 18.3 Å². The van der Waals surface area contributed by atoms with Gasteiger partial charge in [-0.05, 0) is 43.0 Å². The first-order chi connectivity index (χ1) is 14.0. The maximum absolute atomic E-state index is 13.8. The first-order valence-corrected chi connectivity index (χ1v) is 10.9. The first kappa shape index (κ1) is 18.6. The van der Waals surface area contributed by atoms with Gasteiger partial charge in [0.05, 0.1) is 18.3 Å². The predicted molar refractivity (Wildman–Crippen MR) is 111 cm³/mol. The molecule has 3 aromatic rings. The van der Waals surface area contributed by atoms with Crippen LogP contribution in [0.15, 0.2) is 18.2 Å². The fourth-order valence-electron chi connectivity index (χ4n) is 4.16. The summed E-state index contributed by atoms with van der Waals surface area (Å²) in [7, 11) is 0. The lowest BCUT2D eigenvalue weighted by Crippen LogP contribution is -2.38. The van der Waals surface area contributed by atoms with Gasteiger partial charge in [0.2, 0.25) is 0 Å². The molecule has 0 bridgehead atoms. The van der Waals surface area contributed by atoms with E-state index in [1.54, 1.807) is 11.3 Å². The highest BCUT2D eigenvalue weighted by Crippen LogP contribution is 2.32. The number of hydrogen-bond donors (Lipinski definition) is 3. The van der Waals surface area contributed by atoms with Crippen molar-refractivity contribution in [1.82, 2.24) is 14.9 Å². The highest BCUT2D eigenvalue weighted by Gasteiger charge is 2.30. The minimum atomic E-state index is -0.290. The van der Waals surface area contributed by atoms with E-state index in [1.807, 2.05) is 17.9 Å². The number of anilines is 1. The Hall–Kier alpha value is -2.45. The molecule has 1 amide bonds. The van der Waals surface area contributed by atoms with Crippen molar-refractivity contribution in [1.29, 1.82) is 0 Å². The summed E-state index contributed by atoms with van der Waals surface area (Å²) in [6.07, 6.45) is 2.75.